The average Bonchev–Trinajstić information content (AvgIpc) is 3.22. The van der Waals surface area contributed by atoms with Crippen LogP contribution in [0, 0.1) is 6.92 Å². The van der Waals surface area contributed by atoms with E-state index in [1.54, 1.807) is 44.2 Å². The molecule has 0 amide bonds. The third-order valence-electron chi connectivity index (χ3n) is 4.07. The molecule has 0 unspecified atom stereocenters. The number of thioether (sulfide) groups is 1. The predicted molar refractivity (Wildman–Crippen MR) is 109 cm³/mol. The Bertz CT molecular complexity index is 956. The maximum atomic E-state index is 11.9. The summed E-state index contributed by atoms with van der Waals surface area (Å²) in [5, 5.41) is 3.94. The molecule has 3 aromatic rings. The highest BCUT2D eigenvalue weighted by Gasteiger charge is 2.15. The van der Waals surface area contributed by atoms with Gasteiger partial charge in [0.1, 0.15) is 11.5 Å². The van der Waals surface area contributed by atoms with Gasteiger partial charge in [-0.15, -0.1) is 11.8 Å². The Labute approximate surface area is 173 Å². The van der Waals surface area contributed by atoms with Crippen molar-refractivity contribution in [2.24, 2.45) is 0 Å². The maximum absolute atomic E-state index is 11.9. The lowest BCUT2D eigenvalue weighted by Crippen LogP contribution is -2.05. The second-order valence-electron chi connectivity index (χ2n) is 6.15. The molecular formula is C21H22N2O5S. The van der Waals surface area contributed by atoms with Crippen LogP contribution in [0.4, 0.5) is 0 Å². The topological polar surface area (TPSA) is 83.7 Å². The van der Waals surface area contributed by atoms with E-state index in [0.29, 0.717) is 35.1 Å². The fourth-order valence-electron chi connectivity index (χ4n) is 2.51. The summed E-state index contributed by atoms with van der Waals surface area (Å²) in [7, 11) is 3.13. The molecule has 1 aromatic heterocycles. The molecule has 0 saturated heterocycles. The molecule has 29 heavy (non-hydrogen) atoms. The Hall–Kier alpha value is -3.00. The molecule has 0 fully saturated rings. The fraction of sp³-hybridized carbons (Fsp3) is 0.286. The van der Waals surface area contributed by atoms with Gasteiger partial charge in [-0.3, -0.25) is 4.79 Å². The van der Waals surface area contributed by atoms with Gasteiger partial charge in [-0.2, -0.15) is 4.98 Å². The monoisotopic (exact) mass is 414 g/mol. The summed E-state index contributed by atoms with van der Waals surface area (Å²) in [6, 6.07) is 13.5. The highest BCUT2D eigenvalue weighted by Crippen LogP contribution is 2.31. The van der Waals surface area contributed by atoms with Crippen molar-refractivity contribution in [3.8, 4) is 22.9 Å². The molecule has 152 valence electrons. The van der Waals surface area contributed by atoms with Crippen molar-refractivity contribution in [3.63, 3.8) is 0 Å². The third kappa shape index (κ3) is 5.74. The summed E-state index contributed by atoms with van der Waals surface area (Å²) < 4.78 is 20.9. The SMILES string of the molecule is COc1ccc(-c2noc(COC(=O)CCSc3ccc(C)cc3)n2)c(OC)c1. The van der Waals surface area contributed by atoms with Crippen molar-refractivity contribution in [2.45, 2.75) is 24.8 Å². The van der Waals surface area contributed by atoms with E-state index in [0.717, 1.165) is 4.90 Å². The van der Waals surface area contributed by atoms with Gasteiger partial charge < -0.3 is 18.7 Å². The third-order valence-corrected chi connectivity index (χ3v) is 5.08. The van der Waals surface area contributed by atoms with E-state index >= 15 is 0 Å². The number of benzene rings is 2. The zero-order valence-electron chi connectivity index (χ0n) is 16.5. The van der Waals surface area contributed by atoms with Crippen molar-refractivity contribution in [1.82, 2.24) is 10.1 Å². The minimum absolute atomic E-state index is 0.0699. The second kappa shape index (κ2) is 9.97. The van der Waals surface area contributed by atoms with E-state index in [-0.39, 0.29) is 18.5 Å². The highest BCUT2D eigenvalue weighted by molar-refractivity contribution is 7.99. The number of methoxy groups -OCH3 is 2. The molecule has 0 spiro atoms. The fourth-order valence-corrected chi connectivity index (χ4v) is 3.34. The lowest BCUT2D eigenvalue weighted by molar-refractivity contribution is -0.145. The largest absolute Gasteiger partial charge is 0.497 e. The van der Waals surface area contributed by atoms with Gasteiger partial charge in [0.05, 0.1) is 26.2 Å². The predicted octanol–water partition coefficient (Wildman–Crippen LogP) is 4.29. The van der Waals surface area contributed by atoms with Crippen molar-refractivity contribution in [2.75, 3.05) is 20.0 Å². The molecule has 1 heterocycles. The minimum Gasteiger partial charge on any atom is -0.497 e. The number of hydrogen-bond acceptors (Lipinski definition) is 8. The van der Waals surface area contributed by atoms with Gasteiger partial charge in [-0.05, 0) is 31.2 Å². The van der Waals surface area contributed by atoms with Crippen molar-refractivity contribution >= 4 is 17.7 Å². The van der Waals surface area contributed by atoms with E-state index in [2.05, 4.69) is 10.1 Å². The van der Waals surface area contributed by atoms with Gasteiger partial charge in [0, 0.05) is 16.7 Å². The van der Waals surface area contributed by atoms with E-state index in [1.165, 1.54) is 5.56 Å². The Morgan fingerprint density at radius 2 is 1.90 bits per heavy atom. The number of aryl methyl sites for hydroxylation is 1. The van der Waals surface area contributed by atoms with Crippen LogP contribution in [-0.2, 0) is 16.1 Å². The van der Waals surface area contributed by atoms with E-state index in [4.69, 9.17) is 18.7 Å². The molecule has 0 aliphatic heterocycles. The van der Waals surface area contributed by atoms with Crippen LogP contribution in [0.5, 0.6) is 11.5 Å². The van der Waals surface area contributed by atoms with E-state index in [9.17, 15) is 4.79 Å². The summed E-state index contributed by atoms with van der Waals surface area (Å²) in [4.78, 5) is 17.3. The highest BCUT2D eigenvalue weighted by atomic mass is 32.2. The van der Waals surface area contributed by atoms with E-state index < -0.39 is 0 Å². The van der Waals surface area contributed by atoms with Crippen LogP contribution in [0.1, 0.15) is 17.9 Å². The Balaban J connectivity index is 1.50. The number of rotatable bonds is 9. The lowest BCUT2D eigenvalue weighted by atomic mass is 10.2. The lowest BCUT2D eigenvalue weighted by Gasteiger charge is -2.07. The van der Waals surface area contributed by atoms with Gasteiger partial charge in [-0.25, -0.2) is 0 Å². The summed E-state index contributed by atoms with van der Waals surface area (Å²) in [5.41, 5.74) is 1.86. The Kier molecular flexibility index (Phi) is 7.13. The number of esters is 1. The zero-order chi connectivity index (χ0) is 20.6. The first-order valence-electron chi connectivity index (χ1n) is 8.99. The first-order chi connectivity index (χ1) is 14.1. The molecule has 0 aliphatic rings. The van der Waals surface area contributed by atoms with Gasteiger partial charge in [0.15, 0.2) is 6.61 Å². The van der Waals surface area contributed by atoms with Crippen LogP contribution in [0.15, 0.2) is 51.9 Å². The molecule has 3 rings (SSSR count). The van der Waals surface area contributed by atoms with Gasteiger partial charge >= 0.3 is 5.97 Å². The smallest absolute Gasteiger partial charge is 0.307 e. The molecule has 0 N–H and O–H groups in total. The molecule has 2 aromatic carbocycles. The molecule has 8 heteroatoms. The van der Waals surface area contributed by atoms with Gasteiger partial charge in [-0.1, -0.05) is 22.9 Å². The number of nitrogens with zero attached hydrogens (tertiary/aromatic N) is 2. The van der Waals surface area contributed by atoms with Crippen LogP contribution in [0.3, 0.4) is 0 Å². The van der Waals surface area contributed by atoms with Crippen molar-refractivity contribution < 1.29 is 23.5 Å². The quantitative estimate of drug-likeness (QED) is 0.379. The summed E-state index contributed by atoms with van der Waals surface area (Å²) in [6.45, 7) is 1.97. The van der Waals surface area contributed by atoms with Crippen LogP contribution in [0.25, 0.3) is 11.4 Å². The molecule has 0 aliphatic carbocycles. The first-order valence-corrected chi connectivity index (χ1v) is 9.97. The molecular weight excluding hydrogens is 392 g/mol. The summed E-state index contributed by atoms with van der Waals surface area (Å²) >= 11 is 1.61. The van der Waals surface area contributed by atoms with Crippen LogP contribution in [-0.4, -0.2) is 36.1 Å². The number of carbonyl (C=O) groups is 1. The van der Waals surface area contributed by atoms with Gasteiger partial charge in [0.2, 0.25) is 5.82 Å². The van der Waals surface area contributed by atoms with Crippen molar-refractivity contribution in [3.05, 3.63) is 53.9 Å². The van der Waals surface area contributed by atoms with Crippen LogP contribution >= 0.6 is 11.8 Å². The maximum Gasteiger partial charge on any atom is 0.307 e. The number of hydrogen-bond donors (Lipinski definition) is 0. The Morgan fingerprint density at radius 3 is 2.62 bits per heavy atom. The molecule has 0 saturated carbocycles. The van der Waals surface area contributed by atoms with Crippen LogP contribution in [0.2, 0.25) is 0 Å². The number of carbonyl (C=O) groups excluding carboxylic acids is 1. The van der Waals surface area contributed by atoms with E-state index in [1.807, 2.05) is 31.2 Å². The van der Waals surface area contributed by atoms with Crippen LogP contribution < -0.4 is 9.47 Å². The second-order valence-corrected chi connectivity index (χ2v) is 7.32. The Morgan fingerprint density at radius 1 is 1.10 bits per heavy atom. The molecule has 0 radical (unpaired) electrons. The average molecular weight is 414 g/mol. The minimum atomic E-state index is -0.314. The molecule has 0 atom stereocenters. The molecule has 0 bridgehead atoms. The summed E-state index contributed by atoms with van der Waals surface area (Å²) in [5.74, 6) is 2.11. The number of aromatic nitrogens is 2. The van der Waals surface area contributed by atoms with Crippen molar-refractivity contribution in [1.29, 1.82) is 0 Å². The number of ether oxygens (including phenoxy) is 3. The standard InChI is InChI=1S/C21H22N2O5S/c1-14-4-7-16(8-5-14)29-11-10-20(24)27-13-19-22-21(23-28-19)17-9-6-15(25-2)12-18(17)26-3/h4-9,12H,10-11,13H2,1-3H3. The summed E-state index contributed by atoms with van der Waals surface area (Å²) in [6.07, 6.45) is 0.297. The normalized spacial score (nSPS) is 10.6. The van der Waals surface area contributed by atoms with Gasteiger partial charge in [0.25, 0.3) is 5.89 Å². The first kappa shape index (κ1) is 20.7. The molecule has 7 nitrogen and oxygen atoms in total. The zero-order valence-corrected chi connectivity index (χ0v) is 17.3.